The summed E-state index contributed by atoms with van der Waals surface area (Å²) in [5.41, 5.74) is 1.29. The van der Waals surface area contributed by atoms with Crippen molar-refractivity contribution in [3.05, 3.63) is 17.8 Å². The predicted octanol–water partition coefficient (Wildman–Crippen LogP) is 2.72. The van der Waals surface area contributed by atoms with Gasteiger partial charge < -0.3 is 14.1 Å². The van der Waals surface area contributed by atoms with E-state index in [4.69, 9.17) is 4.74 Å². The monoisotopic (exact) mass is 235 g/mol. The average molecular weight is 235 g/mol. The number of aromatic nitrogens is 1. The molecule has 1 aromatic rings. The van der Waals surface area contributed by atoms with Crippen molar-refractivity contribution < 1.29 is 9.53 Å². The fraction of sp³-hybridized carbons (Fsp3) is 0.643. The minimum Gasteiger partial charge on any atom is -0.476 e. The summed E-state index contributed by atoms with van der Waals surface area (Å²) in [6.07, 6.45) is 6.33. The number of carbonyl (C=O) groups is 1. The van der Waals surface area contributed by atoms with Crippen LogP contribution in [0.4, 0.5) is 0 Å². The normalized spacial score (nSPS) is 24.6. The lowest BCUT2D eigenvalue weighted by molar-refractivity contribution is -0.112. The number of rotatable bonds is 4. The van der Waals surface area contributed by atoms with Gasteiger partial charge in [-0.15, -0.1) is 0 Å². The Morgan fingerprint density at radius 3 is 2.59 bits per heavy atom. The first-order chi connectivity index (χ1) is 8.24. The van der Waals surface area contributed by atoms with Crippen LogP contribution in [0.25, 0.3) is 0 Å². The van der Waals surface area contributed by atoms with Gasteiger partial charge in [-0.3, -0.25) is 0 Å². The van der Waals surface area contributed by atoms with Crippen LogP contribution in [0.3, 0.4) is 0 Å². The summed E-state index contributed by atoms with van der Waals surface area (Å²) in [5, 5.41) is 0. The molecule has 0 spiro atoms. The SMILES string of the molecule is CCc1ccc(OC2CCC(C=O)CC2)n1C. The molecule has 0 aliphatic heterocycles. The number of aryl methyl sites for hydroxylation is 1. The lowest BCUT2D eigenvalue weighted by Crippen LogP contribution is -2.25. The topological polar surface area (TPSA) is 31.2 Å². The number of aldehydes is 1. The van der Waals surface area contributed by atoms with E-state index in [1.807, 2.05) is 13.1 Å². The Hall–Kier alpha value is -1.25. The molecule has 0 aromatic carbocycles. The lowest BCUT2D eigenvalue weighted by atomic mass is 9.88. The van der Waals surface area contributed by atoms with Crippen molar-refractivity contribution in [1.82, 2.24) is 4.57 Å². The maximum Gasteiger partial charge on any atom is 0.193 e. The first kappa shape index (κ1) is 12.2. The molecular formula is C14H21NO2. The summed E-state index contributed by atoms with van der Waals surface area (Å²) >= 11 is 0. The van der Waals surface area contributed by atoms with E-state index in [2.05, 4.69) is 17.6 Å². The van der Waals surface area contributed by atoms with Gasteiger partial charge in [0.15, 0.2) is 5.88 Å². The first-order valence-electron chi connectivity index (χ1n) is 6.51. The van der Waals surface area contributed by atoms with Crippen molar-refractivity contribution in [3.63, 3.8) is 0 Å². The molecule has 1 aromatic heterocycles. The number of carbonyl (C=O) groups excluding carboxylic acids is 1. The van der Waals surface area contributed by atoms with Crippen LogP contribution in [-0.4, -0.2) is 17.0 Å². The molecule has 0 saturated heterocycles. The van der Waals surface area contributed by atoms with E-state index >= 15 is 0 Å². The van der Waals surface area contributed by atoms with Crippen molar-refractivity contribution in [3.8, 4) is 5.88 Å². The van der Waals surface area contributed by atoms with E-state index in [1.54, 1.807) is 0 Å². The Bertz CT molecular complexity index is 376. The summed E-state index contributed by atoms with van der Waals surface area (Å²) in [5.74, 6) is 1.21. The molecule has 0 N–H and O–H groups in total. The molecule has 1 heterocycles. The molecule has 0 amide bonds. The zero-order valence-corrected chi connectivity index (χ0v) is 10.7. The van der Waals surface area contributed by atoms with Gasteiger partial charge in [0, 0.05) is 24.7 Å². The second-order valence-electron chi connectivity index (χ2n) is 4.87. The third-order valence-corrected chi connectivity index (χ3v) is 3.74. The Morgan fingerprint density at radius 2 is 2.06 bits per heavy atom. The molecule has 0 unspecified atom stereocenters. The Kier molecular flexibility index (Phi) is 3.87. The third-order valence-electron chi connectivity index (χ3n) is 3.74. The predicted molar refractivity (Wildman–Crippen MR) is 67.2 cm³/mol. The summed E-state index contributed by atoms with van der Waals surface area (Å²) in [7, 11) is 2.05. The van der Waals surface area contributed by atoms with Crippen LogP contribution in [-0.2, 0) is 18.3 Å². The van der Waals surface area contributed by atoms with Crippen LogP contribution in [0.1, 0.15) is 38.3 Å². The standard InChI is InChI=1S/C14H21NO2/c1-3-12-6-9-14(15(12)2)17-13-7-4-11(10-16)5-8-13/h6,9-11,13H,3-5,7-8H2,1-2H3. The molecule has 1 aliphatic carbocycles. The van der Waals surface area contributed by atoms with Crippen molar-refractivity contribution in [2.75, 3.05) is 0 Å². The zero-order valence-electron chi connectivity index (χ0n) is 10.7. The van der Waals surface area contributed by atoms with Gasteiger partial charge in [0.1, 0.15) is 12.4 Å². The Labute approximate surface area is 103 Å². The van der Waals surface area contributed by atoms with E-state index in [9.17, 15) is 4.79 Å². The van der Waals surface area contributed by atoms with E-state index in [0.717, 1.165) is 44.3 Å². The molecule has 2 rings (SSSR count). The highest BCUT2D eigenvalue weighted by Gasteiger charge is 2.22. The second kappa shape index (κ2) is 5.39. The number of nitrogens with zero attached hydrogens (tertiary/aromatic N) is 1. The molecule has 0 bridgehead atoms. The lowest BCUT2D eigenvalue weighted by Gasteiger charge is -2.26. The molecule has 1 fully saturated rings. The molecule has 3 heteroatoms. The largest absolute Gasteiger partial charge is 0.476 e. The summed E-state index contributed by atoms with van der Waals surface area (Å²) in [6, 6.07) is 4.16. The van der Waals surface area contributed by atoms with Gasteiger partial charge in [0.05, 0.1) is 0 Å². The van der Waals surface area contributed by atoms with Gasteiger partial charge in [0.2, 0.25) is 0 Å². The number of hydrogen-bond acceptors (Lipinski definition) is 2. The van der Waals surface area contributed by atoms with Crippen LogP contribution < -0.4 is 4.74 Å². The highest BCUT2D eigenvalue weighted by Crippen LogP contribution is 2.27. The molecule has 0 atom stereocenters. The van der Waals surface area contributed by atoms with Crippen molar-refractivity contribution in [1.29, 1.82) is 0 Å². The molecule has 3 nitrogen and oxygen atoms in total. The minimum atomic E-state index is 0.259. The Morgan fingerprint density at radius 1 is 1.35 bits per heavy atom. The minimum absolute atomic E-state index is 0.259. The smallest absolute Gasteiger partial charge is 0.193 e. The molecule has 0 radical (unpaired) electrons. The zero-order chi connectivity index (χ0) is 12.3. The quantitative estimate of drug-likeness (QED) is 0.751. The summed E-state index contributed by atoms with van der Waals surface area (Å²) < 4.78 is 8.13. The fourth-order valence-corrected chi connectivity index (χ4v) is 2.52. The second-order valence-corrected chi connectivity index (χ2v) is 4.87. The van der Waals surface area contributed by atoms with E-state index in [-0.39, 0.29) is 12.0 Å². The summed E-state index contributed by atoms with van der Waals surface area (Å²) in [4.78, 5) is 10.7. The maximum atomic E-state index is 10.7. The van der Waals surface area contributed by atoms with Gasteiger partial charge in [0.25, 0.3) is 0 Å². The third kappa shape index (κ3) is 2.71. The number of ether oxygens (including phenoxy) is 1. The molecule has 17 heavy (non-hydrogen) atoms. The van der Waals surface area contributed by atoms with E-state index < -0.39 is 0 Å². The van der Waals surface area contributed by atoms with E-state index in [1.165, 1.54) is 5.69 Å². The van der Waals surface area contributed by atoms with Gasteiger partial charge in [-0.05, 0) is 38.2 Å². The average Bonchev–Trinajstić information content (AvgIpc) is 2.71. The van der Waals surface area contributed by atoms with Crippen LogP contribution in [0.5, 0.6) is 5.88 Å². The molecule has 1 aliphatic rings. The van der Waals surface area contributed by atoms with Crippen LogP contribution in [0.2, 0.25) is 0 Å². The van der Waals surface area contributed by atoms with Gasteiger partial charge in [-0.25, -0.2) is 0 Å². The number of hydrogen-bond donors (Lipinski definition) is 0. The van der Waals surface area contributed by atoms with Crippen molar-refractivity contribution in [2.24, 2.45) is 13.0 Å². The van der Waals surface area contributed by atoms with Gasteiger partial charge in [-0.2, -0.15) is 0 Å². The van der Waals surface area contributed by atoms with Gasteiger partial charge >= 0.3 is 0 Å². The highest BCUT2D eigenvalue weighted by molar-refractivity contribution is 5.53. The summed E-state index contributed by atoms with van der Waals surface area (Å²) in [6.45, 7) is 2.15. The molecular weight excluding hydrogens is 214 g/mol. The maximum absolute atomic E-state index is 10.7. The van der Waals surface area contributed by atoms with Crippen LogP contribution in [0.15, 0.2) is 12.1 Å². The van der Waals surface area contributed by atoms with Crippen LogP contribution in [0, 0.1) is 5.92 Å². The van der Waals surface area contributed by atoms with E-state index in [0.29, 0.717) is 0 Å². The van der Waals surface area contributed by atoms with Crippen LogP contribution >= 0.6 is 0 Å². The van der Waals surface area contributed by atoms with Crippen molar-refractivity contribution in [2.45, 2.75) is 45.1 Å². The highest BCUT2D eigenvalue weighted by atomic mass is 16.5. The molecule has 94 valence electrons. The fourth-order valence-electron chi connectivity index (χ4n) is 2.52. The Balaban J connectivity index is 1.93. The first-order valence-corrected chi connectivity index (χ1v) is 6.51. The van der Waals surface area contributed by atoms with Gasteiger partial charge in [-0.1, -0.05) is 6.92 Å². The molecule has 1 saturated carbocycles. The van der Waals surface area contributed by atoms with Crippen molar-refractivity contribution >= 4 is 6.29 Å².